The summed E-state index contributed by atoms with van der Waals surface area (Å²) < 4.78 is 16.3. The molecule has 0 spiro atoms. The van der Waals surface area contributed by atoms with Gasteiger partial charge in [-0.3, -0.25) is 9.20 Å². The van der Waals surface area contributed by atoms with E-state index in [0.717, 1.165) is 31.0 Å². The molecule has 4 rings (SSSR count). The Morgan fingerprint density at radius 1 is 1.32 bits per heavy atom. The summed E-state index contributed by atoms with van der Waals surface area (Å²) in [6, 6.07) is 1.49. The summed E-state index contributed by atoms with van der Waals surface area (Å²) in [5, 5.41) is 9.40. The molecule has 1 saturated carbocycles. The van der Waals surface area contributed by atoms with Gasteiger partial charge in [-0.05, 0) is 69.1 Å². The fraction of sp³-hybridized carbons (Fsp3) is 0.524. The Hall–Kier alpha value is -2.41. The predicted octanol–water partition coefficient (Wildman–Crippen LogP) is 2.89. The number of aromatic carboxylic acids is 1. The van der Waals surface area contributed by atoms with E-state index < -0.39 is 17.3 Å². The van der Waals surface area contributed by atoms with Crippen molar-refractivity contribution in [3.8, 4) is 0 Å². The molecule has 0 amide bonds. The second-order valence-electron chi connectivity index (χ2n) is 8.82. The molecule has 6 nitrogen and oxygen atoms in total. The number of hydrogen-bond acceptors (Lipinski definition) is 4. The summed E-state index contributed by atoms with van der Waals surface area (Å²) in [4.78, 5) is 26.2. The maximum Gasteiger partial charge on any atom is 0.341 e. The lowest BCUT2D eigenvalue weighted by Gasteiger charge is -2.28. The zero-order valence-corrected chi connectivity index (χ0v) is 16.5. The van der Waals surface area contributed by atoms with Crippen LogP contribution >= 0.6 is 0 Å². The largest absolute Gasteiger partial charge is 0.477 e. The summed E-state index contributed by atoms with van der Waals surface area (Å²) in [6.07, 6.45) is 3.94. The highest BCUT2D eigenvalue weighted by atomic mass is 19.1. The first-order valence-corrected chi connectivity index (χ1v) is 9.75. The number of carbonyl (C=O) groups is 1. The molecule has 0 bridgehead atoms. The third kappa shape index (κ3) is 2.98. The lowest BCUT2D eigenvalue weighted by Crippen LogP contribution is -2.42. The molecule has 1 aliphatic carbocycles. The monoisotopic (exact) mass is 387 g/mol. The highest BCUT2D eigenvalue weighted by Crippen LogP contribution is 2.44. The molecule has 150 valence electrons. The SMILES string of the molecule is Cc1c(N2CCC(C(C)(C)N)C2)c(F)cn2c(=O)c(C(=O)O)cc(C3CC3)c12. The van der Waals surface area contributed by atoms with Crippen molar-refractivity contribution >= 4 is 17.2 Å². The van der Waals surface area contributed by atoms with Crippen LogP contribution in [0.3, 0.4) is 0 Å². The van der Waals surface area contributed by atoms with Crippen molar-refractivity contribution < 1.29 is 14.3 Å². The van der Waals surface area contributed by atoms with Crippen LogP contribution in [0.15, 0.2) is 17.1 Å². The van der Waals surface area contributed by atoms with Crippen LogP contribution in [-0.4, -0.2) is 34.1 Å². The lowest BCUT2D eigenvalue weighted by atomic mass is 9.88. The molecule has 0 radical (unpaired) electrons. The van der Waals surface area contributed by atoms with Gasteiger partial charge in [0, 0.05) is 18.6 Å². The van der Waals surface area contributed by atoms with Crippen LogP contribution in [0.4, 0.5) is 10.1 Å². The van der Waals surface area contributed by atoms with Gasteiger partial charge in [0.2, 0.25) is 0 Å². The molecule has 2 aliphatic rings. The van der Waals surface area contributed by atoms with Crippen molar-refractivity contribution in [2.24, 2.45) is 11.7 Å². The Bertz CT molecular complexity index is 1030. The Morgan fingerprint density at radius 2 is 2.00 bits per heavy atom. The van der Waals surface area contributed by atoms with Crippen LogP contribution in [0.1, 0.15) is 60.5 Å². The van der Waals surface area contributed by atoms with E-state index in [1.165, 1.54) is 10.5 Å². The summed E-state index contributed by atoms with van der Waals surface area (Å²) in [7, 11) is 0. The van der Waals surface area contributed by atoms with Crippen molar-refractivity contribution in [2.45, 2.75) is 51.5 Å². The minimum atomic E-state index is -1.28. The number of carboxylic acids is 1. The molecule has 1 aliphatic heterocycles. The number of anilines is 1. The summed E-state index contributed by atoms with van der Waals surface area (Å²) >= 11 is 0. The van der Waals surface area contributed by atoms with Crippen molar-refractivity contribution in [3.05, 3.63) is 45.1 Å². The number of hydrogen-bond donors (Lipinski definition) is 2. The van der Waals surface area contributed by atoms with Crippen molar-refractivity contribution in [2.75, 3.05) is 18.0 Å². The van der Waals surface area contributed by atoms with Gasteiger partial charge in [-0.2, -0.15) is 0 Å². The van der Waals surface area contributed by atoms with Gasteiger partial charge >= 0.3 is 5.97 Å². The van der Waals surface area contributed by atoms with Crippen LogP contribution in [0.25, 0.3) is 5.52 Å². The molecule has 3 N–H and O–H groups in total. The minimum Gasteiger partial charge on any atom is -0.477 e. The second-order valence-corrected chi connectivity index (χ2v) is 8.82. The van der Waals surface area contributed by atoms with Gasteiger partial charge in [-0.1, -0.05) is 0 Å². The highest BCUT2D eigenvalue weighted by molar-refractivity contribution is 5.89. The van der Waals surface area contributed by atoms with Crippen molar-refractivity contribution in [3.63, 3.8) is 0 Å². The fourth-order valence-corrected chi connectivity index (χ4v) is 4.46. The smallest absolute Gasteiger partial charge is 0.341 e. The van der Waals surface area contributed by atoms with E-state index in [4.69, 9.17) is 5.73 Å². The van der Waals surface area contributed by atoms with Gasteiger partial charge in [-0.25, -0.2) is 9.18 Å². The number of carboxylic acid groups (broad SMARTS) is 1. The number of pyridine rings is 2. The molecule has 2 fully saturated rings. The third-order valence-corrected chi connectivity index (χ3v) is 6.25. The Labute approximate surface area is 162 Å². The van der Waals surface area contributed by atoms with E-state index in [-0.39, 0.29) is 22.9 Å². The molecule has 3 heterocycles. The first-order valence-electron chi connectivity index (χ1n) is 9.75. The van der Waals surface area contributed by atoms with Gasteiger partial charge in [0.1, 0.15) is 5.56 Å². The Balaban J connectivity index is 1.91. The number of rotatable bonds is 4. The van der Waals surface area contributed by atoms with Crippen molar-refractivity contribution in [1.29, 1.82) is 0 Å². The van der Waals surface area contributed by atoms with Crippen LogP contribution in [0.5, 0.6) is 0 Å². The van der Waals surface area contributed by atoms with Crippen LogP contribution in [-0.2, 0) is 0 Å². The van der Waals surface area contributed by atoms with Crippen LogP contribution < -0.4 is 16.2 Å². The summed E-state index contributed by atoms with van der Waals surface area (Å²) in [6.45, 7) is 7.16. The Morgan fingerprint density at radius 3 is 2.54 bits per heavy atom. The maximum atomic E-state index is 15.1. The molecule has 28 heavy (non-hydrogen) atoms. The van der Waals surface area contributed by atoms with E-state index in [2.05, 4.69) is 0 Å². The molecule has 0 aromatic carbocycles. The standard InChI is InChI=1S/C21H26FN3O3/c1-11-17-14(12-4-5-12)8-15(20(27)28)19(26)25(17)10-16(22)18(11)24-7-6-13(9-24)21(2,3)23/h8,10,12-13H,4-7,9,23H2,1-3H3,(H,27,28). The van der Waals surface area contributed by atoms with Gasteiger partial charge < -0.3 is 15.7 Å². The van der Waals surface area contributed by atoms with Crippen molar-refractivity contribution in [1.82, 2.24) is 4.40 Å². The first kappa shape index (κ1) is 18.9. The highest BCUT2D eigenvalue weighted by Gasteiger charge is 2.35. The fourth-order valence-electron chi connectivity index (χ4n) is 4.46. The van der Waals surface area contributed by atoms with Gasteiger partial charge in [0.25, 0.3) is 5.56 Å². The number of fused-ring (bicyclic) bond motifs is 1. The number of nitrogens with zero attached hydrogens (tertiary/aromatic N) is 2. The molecule has 1 atom stereocenters. The van der Waals surface area contributed by atoms with Gasteiger partial charge in [0.15, 0.2) is 5.82 Å². The zero-order valence-electron chi connectivity index (χ0n) is 16.5. The lowest BCUT2D eigenvalue weighted by molar-refractivity contribution is 0.0694. The quantitative estimate of drug-likeness (QED) is 0.842. The third-order valence-electron chi connectivity index (χ3n) is 6.25. The maximum absolute atomic E-state index is 15.1. The molecular formula is C21H26FN3O3. The van der Waals surface area contributed by atoms with Crippen LogP contribution in [0, 0.1) is 18.7 Å². The van der Waals surface area contributed by atoms with Gasteiger partial charge in [-0.15, -0.1) is 0 Å². The molecule has 2 aromatic rings. The van der Waals surface area contributed by atoms with E-state index in [1.807, 2.05) is 25.7 Å². The number of aromatic nitrogens is 1. The normalized spacial score (nSPS) is 20.2. The number of halogens is 1. The second kappa shape index (κ2) is 6.30. The molecule has 2 aromatic heterocycles. The van der Waals surface area contributed by atoms with Crippen LogP contribution in [0.2, 0.25) is 0 Å². The Kier molecular flexibility index (Phi) is 4.26. The van der Waals surface area contributed by atoms with Gasteiger partial charge in [0.05, 0.1) is 17.4 Å². The topological polar surface area (TPSA) is 88.0 Å². The molecular weight excluding hydrogens is 361 g/mol. The number of aryl methyl sites for hydroxylation is 1. The molecule has 1 unspecified atom stereocenters. The predicted molar refractivity (Wildman–Crippen MR) is 106 cm³/mol. The van der Waals surface area contributed by atoms with E-state index >= 15 is 4.39 Å². The summed E-state index contributed by atoms with van der Waals surface area (Å²) in [5.74, 6) is -1.31. The average Bonchev–Trinajstić information content (AvgIpc) is 3.31. The first-order chi connectivity index (χ1) is 13.1. The van der Waals surface area contributed by atoms with E-state index in [1.54, 1.807) is 0 Å². The van der Waals surface area contributed by atoms with E-state index in [9.17, 15) is 14.7 Å². The minimum absolute atomic E-state index is 0.222. The molecule has 7 heteroatoms. The summed E-state index contributed by atoms with van der Waals surface area (Å²) in [5.41, 5.74) is 7.57. The zero-order chi connectivity index (χ0) is 20.4. The number of nitrogens with two attached hydrogens (primary N) is 1. The molecule has 1 saturated heterocycles. The average molecular weight is 387 g/mol. The van der Waals surface area contributed by atoms with E-state index in [0.29, 0.717) is 29.9 Å².